The molecule has 0 aliphatic carbocycles. The number of piperidine rings is 1. The summed E-state index contributed by atoms with van der Waals surface area (Å²) in [6, 6.07) is 11.7. The number of nitrogens with zero attached hydrogens (tertiary/aromatic N) is 1. The first-order valence-corrected chi connectivity index (χ1v) is 10.4. The molecule has 29 heavy (non-hydrogen) atoms. The zero-order chi connectivity index (χ0) is 20.6. The van der Waals surface area contributed by atoms with Crippen LogP contribution in [0.2, 0.25) is 0 Å². The van der Waals surface area contributed by atoms with Crippen molar-refractivity contribution in [1.82, 2.24) is 4.90 Å². The predicted molar refractivity (Wildman–Crippen MR) is 112 cm³/mol. The van der Waals surface area contributed by atoms with Crippen LogP contribution >= 0.6 is 0 Å². The smallest absolute Gasteiger partial charge is 0.126 e. The van der Waals surface area contributed by atoms with E-state index in [0.29, 0.717) is 13.0 Å². The number of ether oxygens (including phenoxy) is 2. The summed E-state index contributed by atoms with van der Waals surface area (Å²) < 4.78 is 11.7. The maximum Gasteiger partial charge on any atom is 0.126 e. The van der Waals surface area contributed by atoms with Gasteiger partial charge >= 0.3 is 0 Å². The van der Waals surface area contributed by atoms with Gasteiger partial charge in [-0.15, -0.1) is 0 Å². The van der Waals surface area contributed by atoms with Gasteiger partial charge in [0.25, 0.3) is 0 Å². The van der Waals surface area contributed by atoms with Crippen molar-refractivity contribution in [3.05, 3.63) is 58.7 Å². The zero-order valence-corrected chi connectivity index (χ0v) is 17.5. The number of aliphatic hydroxyl groups excluding tert-OH is 2. The molecule has 0 amide bonds. The van der Waals surface area contributed by atoms with Crippen LogP contribution in [0.3, 0.4) is 0 Å². The van der Waals surface area contributed by atoms with Crippen LogP contribution in [0.15, 0.2) is 36.4 Å². The molecule has 5 nitrogen and oxygen atoms in total. The highest BCUT2D eigenvalue weighted by Gasteiger charge is 2.43. The van der Waals surface area contributed by atoms with Crippen molar-refractivity contribution in [3.63, 3.8) is 0 Å². The lowest BCUT2D eigenvalue weighted by molar-refractivity contribution is -0.0588. The average molecular weight is 398 g/mol. The first kappa shape index (κ1) is 20.2. The van der Waals surface area contributed by atoms with E-state index < -0.39 is 12.2 Å². The van der Waals surface area contributed by atoms with Gasteiger partial charge in [-0.25, -0.2) is 0 Å². The van der Waals surface area contributed by atoms with Crippen LogP contribution in [-0.4, -0.2) is 47.5 Å². The molecule has 0 radical (unpaired) electrons. The molecular weight excluding hydrogens is 366 g/mol. The number of aryl methyl sites for hydroxylation is 2. The van der Waals surface area contributed by atoms with Gasteiger partial charge in [0.2, 0.25) is 0 Å². The van der Waals surface area contributed by atoms with Crippen molar-refractivity contribution >= 4 is 0 Å². The van der Waals surface area contributed by atoms with E-state index in [4.69, 9.17) is 9.47 Å². The normalized spacial score (nSPS) is 22.0. The second-order valence-corrected chi connectivity index (χ2v) is 8.57. The lowest BCUT2D eigenvalue weighted by Gasteiger charge is -2.46. The highest BCUT2D eigenvalue weighted by Crippen LogP contribution is 2.45. The molecule has 0 saturated carbocycles. The Balaban J connectivity index is 1.40. The van der Waals surface area contributed by atoms with Gasteiger partial charge in [0, 0.05) is 31.6 Å². The Morgan fingerprint density at radius 2 is 1.90 bits per heavy atom. The lowest BCUT2D eigenvalue weighted by atomic mass is 9.81. The van der Waals surface area contributed by atoms with E-state index in [9.17, 15) is 10.2 Å². The fraction of sp³-hybridized carbons (Fsp3) is 0.500. The Kier molecular flexibility index (Phi) is 5.56. The minimum Gasteiger partial charge on any atom is -0.497 e. The molecule has 0 unspecified atom stereocenters. The number of likely N-dealkylation sites (tertiary alicyclic amines) is 1. The number of hydrogen-bond acceptors (Lipinski definition) is 5. The largest absolute Gasteiger partial charge is 0.497 e. The summed E-state index contributed by atoms with van der Waals surface area (Å²) in [6.07, 6.45) is 1.30. The third-order valence-corrected chi connectivity index (χ3v) is 6.55. The van der Waals surface area contributed by atoms with Gasteiger partial charge in [-0.3, -0.25) is 0 Å². The SMILES string of the molecule is COc1cccc([C@H](O)CN2CCC3(CC2)C[C@H](O)c2cc(C)c(C)cc2O3)c1. The number of fused-ring (bicyclic) bond motifs is 1. The van der Waals surface area contributed by atoms with Gasteiger partial charge < -0.3 is 24.6 Å². The number of hydrogen-bond donors (Lipinski definition) is 2. The van der Waals surface area contributed by atoms with Crippen LogP contribution in [0.4, 0.5) is 0 Å². The second kappa shape index (κ2) is 7.98. The Morgan fingerprint density at radius 1 is 1.17 bits per heavy atom. The molecule has 1 saturated heterocycles. The highest BCUT2D eigenvalue weighted by molar-refractivity contribution is 5.45. The standard InChI is InChI=1S/C24H31NO4/c1-16-11-20-21(26)14-24(29-23(20)12-17(16)2)7-9-25(10-8-24)15-22(27)18-5-4-6-19(13-18)28-3/h4-6,11-13,21-22,26-27H,7-10,14-15H2,1-3H3/t21-,22+/m0/s1. The molecule has 4 rings (SSSR count). The number of rotatable bonds is 4. The van der Waals surface area contributed by atoms with Gasteiger partial charge in [-0.05, 0) is 67.6 Å². The van der Waals surface area contributed by atoms with E-state index in [2.05, 4.69) is 30.9 Å². The molecule has 2 atom stereocenters. The molecule has 2 N–H and O–H groups in total. The van der Waals surface area contributed by atoms with Crippen molar-refractivity contribution < 1.29 is 19.7 Å². The van der Waals surface area contributed by atoms with Crippen molar-refractivity contribution in [3.8, 4) is 11.5 Å². The van der Waals surface area contributed by atoms with Crippen LogP contribution < -0.4 is 9.47 Å². The van der Waals surface area contributed by atoms with Gasteiger partial charge in [-0.2, -0.15) is 0 Å². The molecule has 0 aromatic heterocycles. The fourth-order valence-corrected chi connectivity index (χ4v) is 4.55. The second-order valence-electron chi connectivity index (χ2n) is 8.57. The van der Waals surface area contributed by atoms with E-state index in [1.807, 2.05) is 24.3 Å². The van der Waals surface area contributed by atoms with Crippen LogP contribution in [0.5, 0.6) is 11.5 Å². The number of aliphatic hydroxyl groups is 2. The Morgan fingerprint density at radius 3 is 2.62 bits per heavy atom. The van der Waals surface area contributed by atoms with Crippen molar-refractivity contribution in [2.24, 2.45) is 0 Å². The maximum atomic E-state index is 10.8. The topological polar surface area (TPSA) is 62.2 Å². The predicted octanol–water partition coefficient (Wildman–Crippen LogP) is 3.70. The maximum absolute atomic E-state index is 10.8. The molecule has 2 aliphatic rings. The highest BCUT2D eigenvalue weighted by atomic mass is 16.5. The summed E-state index contributed by atoms with van der Waals surface area (Å²) in [4.78, 5) is 2.28. The van der Waals surface area contributed by atoms with Gasteiger partial charge in [0.15, 0.2) is 0 Å². The number of β-amino-alcohol motifs (C(OH)–C–C–N with tert-alkyl or cyclic N) is 1. The van der Waals surface area contributed by atoms with Crippen LogP contribution in [-0.2, 0) is 0 Å². The van der Waals surface area contributed by atoms with Crippen molar-refractivity contribution in [1.29, 1.82) is 0 Å². The third-order valence-electron chi connectivity index (χ3n) is 6.55. The summed E-state index contributed by atoms with van der Waals surface area (Å²) >= 11 is 0. The summed E-state index contributed by atoms with van der Waals surface area (Å²) in [5, 5.41) is 21.4. The summed E-state index contributed by atoms with van der Waals surface area (Å²) in [5.41, 5.74) is 3.84. The van der Waals surface area contributed by atoms with Crippen LogP contribution in [0, 0.1) is 13.8 Å². The molecular formula is C24H31NO4. The minimum absolute atomic E-state index is 0.314. The van der Waals surface area contributed by atoms with E-state index in [-0.39, 0.29) is 5.60 Å². The van der Waals surface area contributed by atoms with E-state index in [1.54, 1.807) is 7.11 Å². The third kappa shape index (κ3) is 4.13. The van der Waals surface area contributed by atoms with E-state index in [0.717, 1.165) is 48.6 Å². The lowest BCUT2D eigenvalue weighted by Crippen LogP contribution is -2.51. The van der Waals surface area contributed by atoms with Crippen LogP contribution in [0.25, 0.3) is 0 Å². The molecule has 0 bridgehead atoms. The first-order chi connectivity index (χ1) is 13.9. The monoisotopic (exact) mass is 397 g/mol. The van der Waals surface area contributed by atoms with Crippen molar-refractivity contribution in [2.75, 3.05) is 26.7 Å². The van der Waals surface area contributed by atoms with Crippen molar-refractivity contribution in [2.45, 2.75) is 50.9 Å². The first-order valence-electron chi connectivity index (χ1n) is 10.4. The summed E-state index contributed by atoms with van der Waals surface area (Å²) in [6.45, 7) is 6.41. The van der Waals surface area contributed by atoms with Gasteiger partial charge in [-0.1, -0.05) is 12.1 Å². The quantitative estimate of drug-likeness (QED) is 0.824. The zero-order valence-electron chi connectivity index (χ0n) is 17.5. The Labute approximate surface area is 172 Å². The molecule has 2 aromatic carbocycles. The van der Waals surface area contributed by atoms with Crippen LogP contribution in [0.1, 0.15) is 53.7 Å². The fourth-order valence-electron chi connectivity index (χ4n) is 4.55. The molecule has 2 heterocycles. The Bertz CT molecular complexity index is 873. The van der Waals surface area contributed by atoms with E-state index in [1.165, 1.54) is 11.1 Å². The minimum atomic E-state index is -0.552. The molecule has 2 aromatic rings. The number of methoxy groups -OCH3 is 1. The van der Waals surface area contributed by atoms with E-state index >= 15 is 0 Å². The molecule has 156 valence electrons. The van der Waals surface area contributed by atoms with Gasteiger partial charge in [0.05, 0.1) is 19.3 Å². The summed E-state index contributed by atoms with van der Waals surface area (Å²) in [5.74, 6) is 1.59. The average Bonchev–Trinajstić information content (AvgIpc) is 2.71. The Hall–Kier alpha value is -2.08. The molecule has 5 heteroatoms. The number of benzene rings is 2. The summed E-state index contributed by atoms with van der Waals surface area (Å²) in [7, 11) is 1.63. The molecule has 1 spiro atoms. The molecule has 2 aliphatic heterocycles. The van der Waals surface area contributed by atoms with Gasteiger partial charge in [0.1, 0.15) is 17.1 Å². The molecule has 1 fully saturated rings.